The molecule has 1 aliphatic carbocycles. The van der Waals surface area contributed by atoms with Gasteiger partial charge in [-0.3, -0.25) is 0 Å². The number of carboxylic acids is 1. The number of halogens is 2. The van der Waals surface area contributed by atoms with Gasteiger partial charge in [0.2, 0.25) is 29.9 Å². The summed E-state index contributed by atoms with van der Waals surface area (Å²) in [5.74, 6) is -1.89. The largest absolute Gasteiger partial charge is 0.478 e. The van der Waals surface area contributed by atoms with Crippen molar-refractivity contribution < 1.29 is 39.5 Å². The van der Waals surface area contributed by atoms with Crippen LogP contribution in [0.25, 0.3) is 0 Å². The summed E-state index contributed by atoms with van der Waals surface area (Å²) in [4.78, 5) is 10.2. The SMILES string of the molecule is O=C(O)c1ccc(S(=O)(=O)N2CCC(NS(=O)(=O)c3cc4c(cc3Cl)C3(CCCCC3)c3ccc(F)cc3S4(=O)=O)CC2)cc1. The fraction of sp³-hybridized carbons (Fsp3) is 0.367. The van der Waals surface area contributed by atoms with E-state index in [1.54, 1.807) is 0 Å². The normalized spacial score (nSPS) is 20.0. The van der Waals surface area contributed by atoms with Crippen LogP contribution in [-0.2, 0) is 35.3 Å². The van der Waals surface area contributed by atoms with Gasteiger partial charge in [0.15, 0.2) is 0 Å². The van der Waals surface area contributed by atoms with E-state index in [9.17, 15) is 34.4 Å². The van der Waals surface area contributed by atoms with Gasteiger partial charge in [0, 0.05) is 24.5 Å². The number of carbonyl (C=O) groups is 1. The van der Waals surface area contributed by atoms with Crippen LogP contribution in [0, 0.1) is 5.82 Å². The maximum Gasteiger partial charge on any atom is 0.335 e. The number of rotatable bonds is 6. The van der Waals surface area contributed by atoms with Crippen LogP contribution in [-0.4, -0.2) is 59.8 Å². The predicted octanol–water partition coefficient (Wildman–Crippen LogP) is 4.71. The van der Waals surface area contributed by atoms with Gasteiger partial charge in [-0.2, -0.15) is 4.31 Å². The number of sulfonamides is 2. The van der Waals surface area contributed by atoms with E-state index in [1.807, 2.05) is 0 Å². The molecule has 6 rings (SSSR count). The van der Waals surface area contributed by atoms with Crippen molar-refractivity contribution in [3.63, 3.8) is 0 Å². The lowest BCUT2D eigenvalue weighted by Gasteiger charge is -2.43. The number of fused-ring (bicyclic) bond motifs is 4. The Morgan fingerprint density at radius 2 is 1.53 bits per heavy atom. The first-order chi connectivity index (χ1) is 21.2. The first-order valence-corrected chi connectivity index (χ1v) is 19.2. The summed E-state index contributed by atoms with van der Waals surface area (Å²) in [5, 5.41) is 8.93. The number of nitrogens with zero attached hydrogens (tertiary/aromatic N) is 1. The topological polar surface area (TPSA) is 155 Å². The molecule has 3 aliphatic rings. The van der Waals surface area contributed by atoms with Crippen molar-refractivity contribution in [2.75, 3.05) is 13.1 Å². The fourth-order valence-corrected chi connectivity index (χ4v) is 12.1. The van der Waals surface area contributed by atoms with Crippen molar-refractivity contribution >= 4 is 47.5 Å². The molecule has 2 N–H and O–H groups in total. The number of hydrogen-bond donors (Lipinski definition) is 2. The molecule has 3 aromatic carbocycles. The van der Waals surface area contributed by atoms with Gasteiger partial charge in [-0.05, 0) is 85.3 Å². The van der Waals surface area contributed by atoms with E-state index >= 15 is 0 Å². The van der Waals surface area contributed by atoms with Crippen molar-refractivity contribution in [2.24, 2.45) is 0 Å². The number of sulfone groups is 1. The van der Waals surface area contributed by atoms with Crippen molar-refractivity contribution in [1.29, 1.82) is 0 Å². The van der Waals surface area contributed by atoms with Crippen molar-refractivity contribution in [2.45, 2.75) is 76.0 Å². The lowest BCUT2D eigenvalue weighted by atomic mass is 9.65. The minimum absolute atomic E-state index is 0.00658. The zero-order valence-corrected chi connectivity index (χ0v) is 27.1. The molecule has 1 saturated carbocycles. The van der Waals surface area contributed by atoms with Crippen LogP contribution in [0.5, 0.6) is 0 Å². The Kier molecular flexibility index (Phi) is 8.14. The zero-order chi connectivity index (χ0) is 32.4. The van der Waals surface area contributed by atoms with Gasteiger partial charge in [0.05, 0.1) is 25.3 Å². The molecule has 1 saturated heterocycles. The summed E-state index contributed by atoms with van der Waals surface area (Å²) < 4.78 is 99.3. The smallest absolute Gasteiger partial charge is 0.335 e. The third kappa shape index (κ3) is 5.48. The number of benzene rings is 3. The zero-order valence-electron chi connectivity index (χ0n) is 23.9. The molecule has 0 amide bonds. The molecule has 2 aliphatic heterocycles. The van der Waals surface area contributed by atoms with Gasteiger partial charge in [0.25, 0.3) is 0 Å². The van der Waals surface area contributed by atoms with E-state index in [2.05, 4.69) is 4.72 Å². The van der Waals surface area contributed by atoms with Crippen LogP contribution in [0.1, 0.15) is 66.4 Å². The van der Waals surface area contributed by atoms with E-state index in [-0.39, 0.29) is 51.2 Å². The van der Waals surface area contributed by atoms with Crippen molar-refractivity contribution in [3.8, 4) is 0 Å². The predicted molar refractivity (Wildman–Crippen MR) is 163 cm³/mol. The molecular weight excluding hydrogens is 667 g/mol. The highest BCUT2D eigenvalue weighted by atomic mass is 35.5. The summed E-state index contributed by atoms with van der Waals surface area (Å²) in [6.45, 7) is -0.0132. The number of carboxylic acid groups (broad SMARTS) is 1. The van der Waals surface area contributed by atoms with Gasteiger partial charge >= 0.3 is 5.97 Å². The van der Waals surface area contributed by atoms with Crippen LogP contribution >= 0.6 is 11.6 Å². The summed E-state index contributed by atoms with van der Waals surface area (Å²) in [6.07, 6.45) is 4.07. The molecule has 15 heteroatoms. The van der Waals surface area contributed by atoms with Crippen molar-refractivity contribution in [3.05, 3.63) is 82.1 Å². The molecule has 3 aromatic rings. The number of nitrogens with one attached hydrogen (secondary N) is 1. The van der Waals surface area contributed by atoms with Gasteiger partial charge in [0.1, 0.15) is 10.7 Å². The minimum atomic E-state index is -4.36. The molecule has 0 aromatic heterocycles. The van der Waals surface area contributed by atoms with E-state index in [4.69, 9.17) is 16.7 Å². The highest BCUT2D eigenvalue weighted by Gasteiger charge is 2.48. The van der Waals surface area contributed by atoms with E-state index in [1.165, 1.54) is 46.8 Å². The molecule has 0 bridgehead atoms. The second-order valence-corrected chi connectivity index (χ2v) is 17.6. The number of hydrogen-bond acceptors (Lipinski definition) is 7. The third-order valence-corrected chi connectivity index (χ3v) is 14.8. The standard InChI is InChI=1S/C30H30ClFN2O8S3/c31-25-17-24-27(43(37,38)26-16-20(32)6-9-23(26)30(24)12-2-1-3-13-30)18-28(25)44(39,40)33-21-10-14-34(15-11-21)45(41,42)22-7-4-19(5-8-22)29(35)36/h4-9,16-18,21,33H,1-3,10-15H2,(H,35,36). The molecule has 240 valence electrons. The Morgan fingerprint density at radius 3 is 2.16 bits per heavy atom. The molecule has 0 atom stereocenters. The summed E-state index contributed by atoms with van der Waals surface area (Å²) in [6, 6.07) is 10.4. The lowest BCUT2D eigenvalue weighted by molar-refractivity contribution is 0.0696. The van der Waals surface area contributed by atoms with Crippen LogP contribution in [0.4, 0.5) is 4.39 Å². The average molecular weight is 697 g/mol. The molecule has 45 heavy (non-hydrogen) atoms. The molecule has 2 fully saturated rings. The van der Waals surface area contributed by atoms with E-state index < -0.39 is 58.0 Å². The van der Waals surface area contributed by atoms with Gasteiger partial charge in [-0.1, -0.05) is 36.9 Å². The van der Waals surface area contributed by atoms with E-state index in [0.29, 0.717) is 24.0 Å². The van der Waals surface area contributed by atoms with Crippen LogP contribution in [0.2, 0.25) is 5.02 Å². The van der Waals surface area contributed by atoms with Gasteiger partial charge in [-0.25, -0.2) is 39.2 Å². The Balaban J connectivity index is 1.27. The monoisotopic (exact) mass is 696 g/mol. The number of aromatic carboxylic acids is 1. The van der Waals surface area contributed by atoms with Crippen LogP contribution < -0.4 is 4.72 Å². The second kappa shape index (κ2) is 11.4. The number of piperidine rings is 1. The van der Waals surface area contributed by atoms with Crippen LogP contribution in [0.3, 0.4) is 0 Å². The fourth-order valence-electron chi connectivity index (χ4n) is 6.82. The summed E-state index contributed by atoms with van der Waals surface area (Å²) >= 11 is 6.59. The molecule has 1 spiro atoms. The van der Waals surface area contributed by atoms with E-state index in [0.717, 1.165) is 31.4 Å². The molecule has 0 unspecified atom stereocenters. The molecule has 2 heterocycles. The second-order valence-electron chi connectivity index (χ2n) is 11.7. The van der Waals surface area contributed by atoms with Gasteiger partial charge in [-0.15, -0.1) is 0 Å². The highest BCUT2D eigenvalue weighted by molar-refractivity contribution is 7.92. The quantitative estimate of drug-likeness (QED) is 0.376. The average Bonchev–Trinajstić information content (AvgIpc) is 3.00. The van der Waals surface area contributed by atoms with Crippen LogP contribution in [0.15, 0.2) is 74.2 Å². The maximum atomic E-state index is 14.4. The Labute approximate surface area is 266 Å². The first-order valence-electron chi connectivity index (χ1n) is 14.4. The first kappa shape index (κ1) is 32.1. The summed E-state index contributed by atoms with van der Waals surface area (Å²) in [5.41, 5.74) is 0.120. The Hall–Kier alpha value is -2.88. The van der Waals surface area contributed by atoms with Crippen molar-refractivity contribution in [1.82, 2.24) is 9.03 Å². The summed E-state index contributed by atoms with van der Waals surface area (Å²) in [7, 11) is -12.6. The van der Waals surface area contributed by atoms with Gasteiger partial charge < -0.3 is 5.11 Å². The minimum Gasteiger partial charge on any atom is -0.478 e. The molecule has 0 radical (unpaired) electrons. The highest BCUT2D eigenvalue weighted by Crippen LogP contribution is 2.54. The molecule has 10 nitrogen and oxygen atoms in total. The Morgan fingerprint density at radius 1 is 0.911 bits per heavy atom. The molecular formula is C30H30ClFN2O8S3. The third-order valence-electron chi connectivity index (χ3n) is 9.10. The maximum absolute atomic E-state index is 14.4. The Bertz CT molecular complexity index is 2020. The lowest BCUT2D eigenvalue weighted by Crippen LogP contribution is -2.46.